The summed E-state index contributed by atoms with van der Waals surface area (Å²) in [5.41, 5.74) is 0.728. The predicted octanol–water partition coefficient (Wildman–Crippen LogP) is 1.42. The Kier molecular flexibility index (Phi) is 2.84. The van der Waals surface area contributed by atoms with Gasteiger partial charge in [-0.3, -0.25) is 9.80 Å². The summed E-state index contributed by atoms with van der Waals surface area (Å²) in [5.74, 6) is 0.754. The molecule has 0 aliphatic carbocycles. The van der Waals surface area contributed by atoms with Crippen LogP contribution in [0.2, 0.25) is 0 Å². The molecule has 0 spiro atoms. The second kappa shape index (κ2) is 4.37. The Morgan fingerprint density at radius 2 is 1.64 bits per heavy atom. The van der Waals surface area contributed by atoms with Gasteiger partial charge in [-0.15, -0.1) is 0 Å². The Bertz CT molecular complexity index is 580. The second-order valence-electron chi connectivity index (χ2n) is 7.79. The van der Waals surface area contributed by atoms with E-state index >= 15 is 0 Å². The van der Waals surface area contributed by atoms with Gasteiger partial charge in [0.25, 0.3) is 0 Å². The number of benzene rings is 1. The highest BCUT2D eigenvalue weighted by atomic mass is 16.5. The van der Waals surface area contributed by atoms with Crippen LogP contribution >= 0.6 is 0 Å². The van der Waals surface area contributed by atoms with E-state index in [1.807, 2.05) is 12.1 Å². The lowest BCUT2D eigenvalue weighted by Crippen LogP contribution is -2.76. The normalized spacial score (nSPS) is 46.0. The molecular weight excluding hydrogens is 280 g/mol. The molecule has 0 atom stereocenters. The summed E-state index contributed by atoms with van der Waals surface area (Å²) in [4.78, 5) is 4.79. The van der Waals surface area contributed by atoms with Gasteiger partial charge in [-0.05, 0) is 6.07 Å². The van der Waals surface area contributed by atoms with Crippen molar-refractivity contribution in [3.63, 3.8) is 0 Å². The molecule has 5 heteroatoms. The lowest BCUT2D eigenvalue weighted by molar-refractivity contribution is -0.254. The maximum absolute atomic E-state index is 10.7. The summed E-state index contributed by atoms with van der Waals surface area (Å²) in [6.07, 6.45) is -0.184. The van der Waals surface area contributed by atoms with Crippen molar-refractivity contribution < 1.29 is 14.9 Å². The Balaban J connectivity index is 1.75. The number of aliphatic hydroxyl groups is 1. The first-order chi connectivity index (χ1) is 10.4. The lowest BCUT2D eigenvalue weighted by Gasteiger charge is -2.68. The third-order valence-corrected chi connectivity index (χ3v) is 5.80. The minimum Gasteiger partial charge on any atom is -0.504 e. The minimum atomic E-state index is -0.257. The SMILES string of the molecule is COc1cccc(C2N3CC4(C)CN2CC(C)(C3)C4O)c1O. The Hall–Kier alpha value is -1.30. The maximum Gasteiger partial charge on any atom is 0.163 e. The topological polar surface area (TPSA) is 56.2 Å². The molecule has 0 saturated carbocycles. The number of piperidine rings is 2. The molecule has 22 heavy (non-hydrogen) atoms. The number of aromatic hydroxyl groups is 1. The van der Waals surface area contributed by atoms with Gasteiger partial charge in [0.05, 0.1) is 19.4 Å². The zero-order valence-corrected chi connectivity index (χ0v) is 13.4. The Morgan fingerprint density at radius 1 is 1.09 bits per heavy atom. The van der Waals surface area contributed by atoms with Gasteiger partial charge in [0.15, 0.2) is 11.5 Å². The zero-order chi connectivity index (χ0) is 15.7. The van der Waals surface area contributed by atoms with E-state index < -0.39 is 0 Å². The minimum absolute atomic E-state index is 0.0729. The number of aliphatic hydroxyl groups excluding tert-OH is 1. The fourth-order valence-corrected chi connectivity index (χ4v) is 5.14. The van der Waals surface area contributed by atoms with Gasteiger partial charge in [0.1, 0.15) is 0 Å². The Morgan fingerprint density at radius 3 is 2.14 bits per heavy atom. The van der Waals surface area contributed by atoms with Crippen LogP contribution in [0.4, 0.5) is 0 Å². The molecule has 0 radical (unpaired) electrons. The monoisotopic (exact) mass is 304 g/mol. The molecule has 0 unspecified atom stereocenters. The van der Waals surface area contributed by atoms with Gasteiger partial charge in [0.2, 0.25) is 0 Å². The number of methoxy groups -OCH3 is 1. The average Bonchev–Trinajstić information content (AvgIpc) is 2.45. The van der Waals surface area contributed by atoms with Crippen molar-refractivity contribution in [2.24, 2.45) is 10.8 Å². The highest BCUT2D eigenvalue weighted by Crippen LogP contribution is 2.55. The van der Waals surface area contributed by atoms with Gasteiger partial charge in [-0.1, -0.05) is 26.0 Å². The average molecular weight is 304 g/mol. The van der Waals surface area contributed by atoms with Crippen LogP contribution in [0.1, 0.15) is 25.6 Å². The van der Waals surface area contributed by atoms with E-state index in [0.717, 1.165) is 31.7 Å². The van der Waals surface area contributed by atoms with Crippen LogP contribution in [0.15, 0.2) is 18.2 Å². The molecule has 5 rings (SSSR count). The van der Waals surface area contributed by atoms with Crippen molar-refractivity contribution in [3.8, 4) is 11.5 Å². The number of rotatable bonds is 2. The van der Waals surface area contributed by atoms with Gasteiger partial charge in [0, 0.05) is 42.6 Å². The van der Waals surface area contributed by atoms with Gasteiger partial charge < -0.3 is 14.9 Å². The van der Waals surface area contributed by atoms with Crippen molar-refractivity contribution in [1.82, 2.24) is 9.80 Å². The zero-order valence-electron chi connectivity index (χ0n) is 13.4. The third-order valence-electron chi connectivity index (χ3n) is 5.80. The first-order valence-corrected chi connectivity index (χ1v) is 7.90. The quantitative estimate of drug-likeness (QED) is 0.865. The number of hydrogen-bond acceptors (Lipinski definition) is 5. The lowest BCUT2D eigenvalue weighted by atomic mass is 9.60. The summed E-state index contributed by atoms with van der Waals surface area (Å²) >= 11 is 0. The van der Waals surface area contributed by atoms with E-state index in [0.29, 0.717) is 5.75 Å². The molecule has 4 aliphatic rings. The number of ether oxygens (including phenoxy) is 1. The third kappa shape index (κ3) is 1.70. The molecule has 1 aromatic rings. The molecule has 4 heterocycles. The van der Waals surface area contributed by atoms with Crippen molar-refractivity contribution >= 4 is 0 Å². The molecular formula is C17H24N2O3. The number of para-hydroxylation sites is 1. The van der Waals surface area contributed by atoms with Gasteiger partial charge in [-0.2, -0.15) is 0 Å². The van der Waals surface area contributed by atoms with Gasteiger partial charge >= 0.3 is 0 Å². The van der Waals surface area contributed by atoms with E-state index in [1.165, 1.54) is 0 Å². The highest BCUT2D eigenvalue weighted by molar-refractivity contribution is 5.47. The summed E-state index contributed by atoms with van der Waals surface area (Å²) < 4.78 is 5.26. The van der Waals surface area contributed by atoms with Crippen LogP contribution in [0.3, 0.4) is 0 Å². The molecule has 120 valence electrons. The number of nitrogens with zero attached hydrogens (tertiary/aromatic N) is 2. The van der Waals surface area contributed by atoms with Crippen LogP contribution in [0.25, 0.3) is 0 Å². The van der Waals surface area contributed by atoms with Crippen LogP contribution in [0.5, 0.6) is 11.5 Å². The van der Waals surface area contributed by atoms with Crippen LogP contribution < -0.4 is 4.74 Å². The van der Waals surface area contributed by atoms with Crippen molar-refractivity contribution in [2.45, 2.75) is 26.1 Å². The predicted molar refractivity (Wildman–Crippen MR) is 82.8 cm³/mol. The van der Waals surface area contributed by atoms with E-state index in [-0.39, 0.29) is 28.8 Å². The molecule has 4 fully saturated rings. The summed E-state index contributed by atoms with van der Waals surface area (Å²) in [5, 5.41) is 21.2. The molecule has 4 bridgehead atoms. The van der Waals surface area contributed by atoms with E-state index in [1.54, 1.807) is 13.2 Å². The fraction of sp³-hybridized carbons (Fsp3) is 0.647. The maximum atomic E-state index is 10.7. The molecule has 2 N–H and O–H groups in total. The van der Waals surface area contributed by atoms with E-state index in [2.05, 4.69) is 23.6 Å². The summed E-state index contributed by atoms with van der Waals surface area (Å²) in [7, 11) is 1.58. The number of phenolic OH excluding ortho intramolecular Hbond substituents is 1. The van der Waals surface area contributed by atoms with E-state index in [9.17, 15) is 10.2 Å². The highest BCUT2D eigenvalue weighted by Gasteiger charge is 2.62. The van der Waals surface area contributed by atoms with Crippen molar-refractivity contribution in [2.75, 3.05) is 33.3 Å². The molecule has 0 amide bonds. The molecule has 4 saturated heterocycles. The second-order valence-corrected chi connectivity index (χ2v) is 7.79. The smallest absolute Gasteiger partial charge is 0.163 e. The summed E-state index contributed by atoms with van der Waals surface area (Å²) in [6.45, 7) is 7.80. The molecule has 4 aliphatic heterocycles. The summed E-state index contributed by atoms with van der Waals surface area (Å²) in [6, 6.07) is 5.69. The molecule has 5 nitrogen and oxygen atoms in total. The number of hydrogen-bond donors (Lipinski definition) is 2. The largest absolute Gasteiger partial charge is 0.504 e. The van der Waals surface area contributed by atoms with Gasteiger partial charge in [-0.25, -0.2) is 0 Å². The Labute approximate surface area is 131 Å². The van der Waals surface area contributed by atoms with E-state index in [4.69, 9.17) is 4.74 Å². The standard InChI is InChI=1S/C17H24N2O3/c1-16-7-18-9-17(2,15(16)21)10-19(8-16)14(18)11-5-4-6-12(22-3)13(11)20/h4-6,14-15,20-21H,7-10H2,1-3H3. The van der Waals surface area contributed by atoms with Crippen LogP contribution in [-0.2, 0) is 0 Å². The fourth-order valence-electron chi connectivity index (χ4n) is 5.14. The first kappa shape index (κ1) is 14.3. The molecule has 1 aromatic carbocycles. The van der Waals surface area contributed by atoms with Crippen molar-refractivity contribution in [3.05, 3.63) is 23.8 Å². The van der Waals surface area contributed by atoms with Crippen LogP contribution in [0, 0.1) is 10.8 Å². The number of phenols is 1. The van der Waals surface area contributed by atoms with Crippen molar-refractivity contribution in [1.29, 1.82) is 0 Å². The van der Waals surface area contributed by atoms with Crippen LogP contribution in [-0.4, -0.2) is 59.4 Å². The molecule has 0 aromatic heterocycles. The first-order valence-electron chi connectivity index (χ1n) is 7.90.